The molecule has 4 heterocycles. The van der Waals surface area contributed by atoms with E-state index in [1.807, 2.05) is 38.1 Å². The SMILES string of the molecule is Cc1ccnc(-c2cc(C3C=CC(c4ccnc(-c5cc(C)ccn5)c4)C(C(=O)O)C3C(=O)O)ccn2)c1. The number of aryl methyl sites for hydroxylation is 2. The van der Waals surface area contributed by atoms with Crippen LogP contribution < -0.4 is 0 Å². The van der Waals surface area contributed by atoms with Crippen molar-refractivity contribution in [1.82, 2.24) is 19.9 Å². The summed E-state index contributed by atoms with van der Waals surface area (Å²) in [5, 5.41) is 20.6. The van der Waals surface area contributed by atoms with Crippen molar-refractivity contribution in [3.63, 3.8) is 0 Å². The topological polar surface area (TPSA) is 126 Å². The van der Waals surface area contributed by atoms with Crippen molar-refractivity contribution < 1.29 is 19.8 Å². The van der Waals surface area contributed by atoms with Gasteiger partial charge < -0.3 is 10.2 Å². The third kappa shape index (κ3) is 4.93. The van der Waals surface area contributed by atoms with Crippen LogP contribution in [0.1, 0.15) is 34.1 Å². The number of nitrogens with zero attached hydrogens (tertiary/aromatic N) is 4. The third-order valence-electron chi connectivity index (χ3n) is 6.95. The van der Waals surface area contributed by atoms with Crippen LogP contribution in [0.25, 0.3) is 22.8 Å². The lowest BCUT2D eigenvalue weighted by Crippen LogP contribution is -2.39. The Morgan fingerprint density at radius 1 is 0.579 bits per heavy atom. The molecule has 8 heteroatoms. The number of hydrogen-bond donors (Lipinski definition) is 2. The van der Waals surface area contributed by atoms with Gasteiger partial charge in [-0.15, -0.1) is 0 Å². The highest BCUT2D eigenvalue weighted by Crippen LogP contribution is 2.45. The second kappa shape index (κ2) is 10.3. The van der Waals surface area contributed by atoms with Gasteiger partial charge in [0.05, 0.1) is 34.6 Å². The predicted molar refractivity (Wildman–Crippen MR) is 141 cm³/mol. The zero-order valence-electron chi connectivity index (χ0n) is 20.9. The monoisotopic (exact) mass is 506 g/mol. The van der Waals surface area contributed by atoms with E-state index in [1.165, 1.54) is 0 Å². The summed E-state index contributed by atoms with van der Waals surface area (Å²) in [6.45, 7) is 3.91. The molecule has 0 saturated carbocycles. The van der Waals surface area contributed by atoms with Gasteiger partial charge in [0.1, 0.15) is 0 Å². The fourth-order valence-electron chi connectivity index (χ4n) is 5.12. The van der Waals surface area contributed by atoms with E-state index in [0.717, 1.165) is 11.1 Å². The molecule has 8 nitrogen and oxygen atoms in total. The fraction of sp³-hybridized carbons (Fsp3) is 0.200. The predicted octanol–water partition coefficient (Wildman–Crippen LogP) is 5.06. The molecule has 0 amide bonds. The van der Waals surface area contributed by atoms with Crippen molar-refractivity contribution in [2.75, 3.05) is 0 Å². The molecule has 0 radical (unpaired) electrons. The third-order valence-corrected chi connectivity index (χ3v) is 6.95. The zero-order chi connectivity index (χ0) is 26.8. The first kappa shape index (κ1) is 25.0. The van der Waals surface area contributed by atoms with Gasteiger partial charge in [-0.3, -0.25) is 29.5 Å². The minimum Gasteiger partial charge on any atom is -0.481 e. The zero-order valence-corrected chi connectivity index (χ0v) is 20.9. The highest BCUT2D eigenvalue weighted by atomic mass is 16.4. The minimum absolute atomic E-state index is 0.599. The van der Waals surface area contributed by atoms with Gasteiger partial charge in [-0.25, -0.2) is 0 Å². The Hall–Kier alpha value is -4.72. The number of hydrogen-bond acceptors (Lipinski definition) is 6. The van der Waals surface area contributed by atoms with Crippen molar-refractivity contribution in [3.05, 3.63) is 108 Å². The maximum atomic E-state index is 12.6. The maximum absolute atomic E-state index is 12.6. The number of aliphatic carboxylic acids is 2. The molecular weight excluding hydrogens is 480 g/mol. The van der Waals surface area contributed by atoms with Crippen LogP contribution in [0.15, 0.2) is 85.5 Å². The van der Waals surface area contributed by atoms with E-state index in [2.05, 4.69) is 19.9 Å². The molecule has 1 aliphatic carbocycles. The van der Waals surface area contributed by atoms with Crippen LogP contribution in [0.2, 0.25) is 0 Å². The summed E-state index contributed by atoms with van der Waals surface area (Å²) >= 11 is 0. The Kier molecular flexibility index (Phi) is 6.79. The number of allylic oxidation sites excluding steroid dienone is 2. The fourth-order valence-corrected chi connectivity index (χ4v) is 5.12. The maximum Gasteiger partial charge on any atom is 0.308 e. The number of rotatable bonds is 6. The van der Waals surface area contributed by atoms with E-state index in [-0.39, 0.29) is 0 Å². The van der Waals surface area contributed by atoms with Crippen LogP contribution in [0.5, 0.6) is 0 Å². The van der Waals surface area contributed by atoms with Gasteiger partial charge in [-0.2, -0.15) is 0 Å². The Morgan fingerprint density at radius 3 is 1.26 bits per heavy atom. The number of pyridine rings is 4. The first-order chi connectivity index (χ1) is 18.3. The van der Waals surface area contributed by atoms with Crippen LogP contribution in [-0.2, 0) is 9.59 Å². The summed E-state index contributed by atoms with van der Waals surface area (Å²) in [6, 6.07) is 14.6. The van der Waals surface area contributed by atoms with Gasteiger partial charge in [0.25, 0.3) is 0 Å². The Bertz CT molecular complexity index is 1440. The van der Waals surface area contributed by atoms with E-state index >= 15 is 0 Å². The van der Waals surface area contributed by atoms with Gasteiger partial charge in [-0.1, -0.05) is 12.2 Å². The van der Waals surface area contributed by atoms with Crippen LogP contribution >= 0.6 is 0 Å². The van der Waals surface area contributed by atoms with Gasteiger partial charge >= 0.3 is 11.9 Å². The highest BCUT2D eigenvalue weighted by Gasteiger charge is 2.46. The highest BCUT2D eigenvalue weighted by molar-refractivity contribution is 5.83. The smallest absolute Gasteiger partial charge is 0.308 e. The summed E-state index contributed by atoms with van der Waals surface area (Å²) < 4.78 is 0. The molecule has 0 bridgehead atoms. The lowest BCUT2D eigenvalue weighted by Gasteiger charge is -2.35. The van der Waals surface area contributed by atoms with Gasteiger partial charge in [0, 0.05) is 36.6 Å². The molecule has 4 aromatic rings. The van der Waals surface area contributed by atoms with Crippen molar-refractivity contribution >= 4 is 11.9 Å². The quantitative estimate of drug-likeness (QED) is 0.348. The summed E-state index contributed by atoms with van der Waals surface area (Å²) in [5.74, 6) is -6.04. The molecule has 4 aromatic heterocycles. The Balaban J connectivity index is 1.56. The molecule has 190 valence electrons. The molecule has 0 spiro atoms. The van der Waals surface area contributed by atoms with Crippen LogP contribution in [-0.4, -0.2) is 42.1 Å². The van der Waals surface area contributed by atoms with Crippen molar-refractivity contribution in [2.24, 2.45) is 11.8 Å². The van der Waals surface area contributed by atoms with Crippen LogP contribution in [0.4, 0.5) is 0 Å². The second-order valence-corrected chi connectivity index (χ2v) is 9.55. The molecule has 0 aliphatic heterocycles. The van der Waals surface area contributed by atoms with Crippen molar-refractivity contribution in [1.29, 1.82) is 0 Å². The van der Waals surface area contributed by atoms with Crippen LogP contribution in [0.3, 0.4) is 0 Å². The average Bonchev–Trinajstić information content (AvgIpc) is 2.92. The molecule has 0 saturated heterocycles. The molecule has 4 atom stereocenters. The molecule has 38 heavy (non-hydrogen) atoms. The number of aromatic nitrogens is 4. The van der Waals surface area contributed by atoms with E-state index in [1.54, 1.807) is 61.2 Å². The van der Waals surface area contributed by atoms with Crippen molar-refractivity contribution in [3.8, 4) is 22.8 Å². The molecule has 5 rings (SSSR count). The Labute approximate surface area is 219 Å². The van der Waals surface area contributed by atoms with Gasteiger partial charge in [0.2, 0.25) is 0 Å². The van der Waals surface area contributed by atoms with Crippen LogP contribution in [0, 0.1) is 25.7 Å². The largest absolute Gasteiger partial charge is 0.481 e. The van der Waals surface area contributed by atoms with Crippen molar-refractivity contribution in [2.45, 2.75) is 25.7 Å². The molecule has 4 unspecified atom stereocenters. The summed E-state index contributed by atoms with van der Waals surface area (Å²) in [5.41, 5.74) is 5.92. The summed E-state index contributed by atoms with van der Waals surface area (Å²) in [6.07, 6.45) is 10.2. The molecule has 0 fully saturated rings. The van der Waals surface area contributed by atoms with Gasteiger partial charge in [0.15, 0.2) is 0 Å². The molecule has 1 aliphatic rings. The minimum atomic E-state index is -1.20. The van der Waals surface area contributed by atoms with E-state index in [9.17, 15) is 19.8 Å². The first-order valence-corrected chi connectivity index (χ1v) is 12.2. The lowest BCUT2D eigenvalue weighted by atomic mass is 9.66. The average molecular weight is 507 g/mol. The van der Waals surface area contributed by atoms with E-state index in [4.69, 9.17) is 0 Å². The van der Waals surface area contributed by atoms with Gasteiger partial charge in [-0.05, 0) is 84.6 Å². The number of carboxylic acid groups (broad SMARTS) is 2. The normalized spacial score (nSPS) is 20.7. The molecular formula is C30H26N4O4. The number of carboxylic acids is 2. The Morgan fingerprint density at radius 2 is 0.921 bits per heavy atom. The van der Waals surface area contributed by atoms with E-state index in [0.29, 0.717) is 33.9 Å². The lowest BCUT2D eigenvalue weighted by molar-refractivity contribution is -0.155. The number of carbonyl (C=O) groups is 2. The molecule has 2 N–H and O–H groups in total. The standard InChI is InChI=1S/C30H26N4O4/c1-17-5-9-31-23(13-17)25-15-19(7-11-33-25)21-3-4-22(28(30(37)38)27(21)29(35)36)20-8-12-34-26(16-20)24-14-18(2)6-10-32-24/h3-16,21-22,27-28H,1-2H3,(H,35,36)(H,37,38). The first-order valence-electron chi connectivity index (χ1n) is 12.2. The molecule has 0 aromatic carbocycles. The van der Waals surface area contributed by atoms with E-state index < -0.39 is 35.6 Å². The summed E-state index contributed by atoms with van der Waals surface area (Å²) in [4.78, 5) is 42.8. The summed E-state index contributed by atoms with van der Waals surface area (Å²) in [7, 11) is 0. The second-order valence-electron chi connectivity index (χ2n) is 9.55.